The van der Waals surface area contributed by atoms with Crippen LogP contribution in [0.4, 0.5) is 0 Å². The summed E-state index contributed by atoms with van der Waals surface area (Å²) in [5, 5.41) is 6.27. The third-order valence-electron chi connectivity index (χ3n) is 3.77. The highest BCUT2D eigenvalue weighted by Gasteiger charge is 2.35. The topological polar surface area (TPSA) is 50.4 Å². The summed E-state index contributed by atoms with van der Waals surface area (Å²) in [5.74, 6) is 0.0606. The predicted octanol–water partition coefficient (Wildman–Crippen LogP) is 0.916. The Morgan fingerprint density at radius 1 is 1.38 bits per heavy atom. The lowest BCUT2D eigenvalue weighted by molar-refractivity contribution is -0.127. The van der Waals surface area contributed by atoms with Gasteiger partial charge in [-0.2, -0.15) is 0 Å². The van der Waals surface area contributed by atoms with E-state index in [4.69, 9.17) is 4.74 Å². The Balaban J connectivity index is 2.57. The van der Waals surface area contributed by atoms with Crippen LogP contribution in [-0.2, 0) is 9.53 Å². The van der Waals surface area contributed by atoms with E-state index in [0.717, 1.165) is 12.8 Å². The van der Waals surface area contributed by atoms with Gasteiger partial charge in [-0.25, -0.2) is 0 Å². The third kappa shape index (κ3) is 2.95. The van der Waals surface area contributed by atoms with E-state index < -0.39 is 0 Å². The Bertz CT molecular complexity index is 239. The van der Waals surface area contributed by atoms with Crippen molar-refractivity contribution in [3.63, 3.8) is 0 Å². The lowest BCUT2D eigenvalue weighted by Gasteiger charge is -2.30. The van der Waals surface area contributed by atoms with Crippen molar-refractivity contribution in [1.82, 2.24) is 10.6 Å². The SMILES string of the molecule is CCC(C)(CC)NC(=O)C1COCC1NC. The molecule has 0 bridgehead atoms. The first-order valence-corrected chi connectivity index (χ1v) is 6.13. The molecule has 1 saturated heterocycles. The molecular formula is C12H24N2O2. The Morgan fingerprint density at radius 3 is 2.50 bits per heavy atom. The van der Waals surface area contributed by atoms with Crippen molar-refractivity contribution in [2.24, 2.45) is 5.92 Å². The zero-order chi connectivity index (χ0) is 12.2. The first kappa shape index (κ1) is 13.5. The summed E-state index contributed by atoms with van der Waals surface area (Å²) < 4.78 is 5.34. The average molecular weight is 228 g/mol. The van der Waals surface area contributed by atoms with E-state index in [9.17, 15) is 4.79 Å². The lowest BCUT2D eigenvalue weighted by Crippen LogP contribution is -2.51. The highest BCUT2D eigenvalue weighted by Crippen LogP contribution is 2.18. The minimum absolute atomic E-state index is 0.0533. The van der Waals surface area contributed by atoms with E-state index >= 15 is 0 Å². The molecule has 2 atom stereocenters. The molecule has 0 spiro atoms. The molecule has 2 N–H and O–H groups in total. The first-order chi connectivity index (χ1) is 7.56. The van der Waals surface area contributed by atoms with Crippen LogP contribution in [0.15, 0.2) is 0 Å². The fourth-order valence-corrected chi connectivity index (χ4v) is 1.91. The van der Waals surface area contributed by atoms with Crippen LogP contribution in [0.5, 0.6) is 0 Å². The molecule has 4 heteroatoms. The number of hydrogen-bond donors (Lipinski definition) is 2. The Hall–Kier alpha value is -0.610. The summed E-state index contributed by atoms with van der Waals surface area (Å²) >= 11 is 0. The van der Waals surface area contributed by atoms with Crippen LogP contribution in [-0.4, -0.2) is 37.7 Å². The molecule has 1 rings (SSSR count). The molecule has 0 aromatic rings. The number of likely N-dealkylation sites (N-methyl/N-ethyl adjacent to an activating group) is 1. The van der Waals surface area contributed by atoms with Crippen LogP contribution in [0.2, 0.25) is 0 Å². The van der Waals surface area contributed by atoms with Gasteiger partial charge in [0.15, 0.2) is 0 Å². The highest BCUT2D eigenvalue weighted by molar-refractivity contribution is 5.80. The minimum Gasteiger partial charge on any atom is -0.379 e. The monoisotopic (exact) mass is 228 g/mol. The van der Waals surface area contributed by atoms with Crippen molar-refractivity contribution in [3.8, 4) is 0 Å². The summed E-state index contributed by atoms with van der Waals surface area (Å²) in [6.45, 7) is 7.45. The van der Waals surface area contributed by atoms with Gasteiger partial charge in [0.1, 0.15) is 0 Å². The molecular weight excluding hydrogens is 204 g/mol. The van der Waals surface area contributed by atoms with Crippen molar-refractivity contribution in [2.45, 2.75) is 45.2 Å². The Morgan fingerprint density at radius 2 is 2.00 bits per heavy atom. The molecule has 1 amide bonds. The molecule has 1 aliphatic heterocycles. The van der Waals surface area contributed by atoms with E-state index in [1.165, 1.54) is 0 Å². The normalized spacial score (nSPS) is 25.8. The minimum atomic E-state index is -0.0854. The third-order valence-corrected chi connectivity index (χ3v) is 3.77. The maximum atomic E-state index is 12.1. The summed E-state index contributed by atoms with van der Waals surface area (Å²) in [7, 11) is 1.87. The molecule has 0 aromatic carbocycles. The van der Waals surface area contributed by atoms with Gasteiger partial charge >= 0.3 is 0 Å². The van der Waals surface area contributed by atoms with Crippen molar-refractivity contribution >= 4 is 5.91 Å². The fraction of sp³-hybridized carbons (Fsp3) is 0.917. The van der Waals surface area contributed by atoms with E-state index in [1.807, 2.05) is 7.05 Å². The van der Waals surface area contributed by atoms with Crippen molar-refractivity contribution in [2.75, 3.05) is 20.3 Å². The molecule has 94 valence electrons. The van der Waals surface area contributed by atoms with Crippen LogP contribution in [0.1, 0.15) is 33.6 Å². The second kappa shape index (κ2) is 5.64. The van der Waals surface area contributed by atoms with Crippen molar-refractivity contribution in [3.05, 3.63) is 0 Å². The molecule has 0 aromatic heterocycles. The molecule has 1 fully saturated rings. The van der Waals surface area contributed by atoms with Gasteiger partial charge in [-0.15, -0.1) is 0 Å². The van der Waals surface area contributed by atoms with E-state index in [0.29, 0.717) is 13.2 Å². The average Bonchev–Trinajstić information content (AvgIpc) is 2.76. The highest BCUT2D eigenvalue weighted by atomic mass is 16.5. The standard InChI is InChI=1S/C12H24N2O2/c1-5-12(3,6-2)14-11(15)9-7-16-8-10(9)13-4/h9-10,13H,5-8H2,1-4H3,(H,14,15). The van der Waals surface area contributed by atoms with Crippen LogP contribution < -0.4 is 10.6 Å². The fourth-order valence-electron chi connectivity index (χ4n) is 1.91. The predicted molar refractivity (Wildman–Crippen MR) is 64.3 cm³/mol. The molecule has 2 unspecified atom stereocenters. The van der Waals surface area contributed by atoms with Gasteiger partial charge in [0.05, 0.1) is 19.1 Å². The van der Waals surface area contributed by atoms with Crippen LogP contribution in [0.25, 0.3) is 0 Å². The summed E-state index contributed by atoms with van der Waals surface area (Å²) in [4.78, 5) is 12.1. The number of nitrogens with one attached hydrogen (secondary N) is 2. The van der Waals surface area contributed by atoms with Crippen molar-refractivity contribution < 1.29 is 9.53 Å². The maximum absolute atomic E-state index is 12.1. The molecule has 4 nitrogen and oxygen atoms in total. The van der Waals surface area contributed by atoms with E-state index in [-0.39, 0.29) is 23.4 Å². The van der Waals surface area contributed by atoms with E-state index in [1.54, 1.807) is 0 Å². The summed E-state index contributed by atoms with van der Waals surface area (Å²) in [5.41, 5.74) is -0.0854. The Kier molecular flexibility index (Phi) is 4.74. The van der Waals surface area contributed by atoms with Gasteiger partial charge < -0.3 is 15.4 Å². The molecule has 0 aliphatic carbocycles. The zero-order valence-corrected chi connectivity index (χ0v) is 10.8. The van der Waals surface area contributed by atoms with Crippen LogP contribution in [0.3, 0.4) is 0 Å². The lowest BCUT2D eigenvalue weighted by atomic mass is 9.93. The molecule has 0 radical (unpaired) electrons. The van der Waals surface area contributed by atoms with Gasteiger partial charge in [-0.05, 0) is 26.8 Å². The molecule has 16 heavy (non-hydrogen) atoms. The number of hydrogen-bond acceptors (Lipinski definition) is 3. The number of ether oxygens (including phenoxy) is 1. The maximum Gasteiger partial charge on any atom is 0.227 e. The Labute approximate surface area is 98.1 Å². The summed E-state index contributed by atoms with van der Waals surface area (Å²) in [6, 6.07) is 0.151. The smallest absolute Gasteiger partial charge is 0.227 e. The largest absolute Gasteiger partial charge is 0.379 e. The van der Waals surface area contributed by atoms with Gasteiger partial charge in [0, 0.05) is 11.6 Å². The van der Waals surface area contributed by atoms with Gasteiger partial charge in [0.25, 0.3) is 0 Å². The van der Waals surface area contributed by atoms with Crippen LogP contribution in [0, 0.1) is 5.92 Å². The number of rotatable bonds is 5. The quantitative estimate of drug-likeness (QED) is 0.735. The first-order valence-electron chi connectivity index (χ1n) is 6.13. The molecule has 0 saturated carbocycles. The number of amides is 1. The molecule has 1 aliphatic rings. The van der Waals surface area contributed by atoms with E-state index in [2.05, 4.69) is 31.4 Å². The number of carbonyl (C=O) groups is 1. The van der Waals surface area contributed by atoms with Crippen LogP contribution >= 0.6 is 0 Å². The zero-order valence-electron chi connectivity index (χ0n) is 10.8. The van der Waals surface area contributed by atoms with Gasteiger partial charge in [-0.1, -0.05) is 13.8 Å². The van der Waals surface area contributed by atoms with Gasteiger partial charge in [-0.3, -0.25) is 4.79 Å². The summed E-state index contributed by atoms with van der Waals surface area (Å²) in [6.07, 6.45) is 1.90. The van der Waals surface area contributed by atoms with Crippen molar-refractivity contribution in [1.29, 1.82) is 0 Å². The second-order valence-corrected chi connectivity index (χ2v) is 4.80. The van der Waals surface area contributed by atoms with Gasteiger partial charge in [0.2, 0.25) is 5.91 Å². The number of carbonyl (C=O) groups excluding carboxylic acids is 1. The molecule has 1 heterocycles. The second-order valence-electron chi connectivity index (χ2n) is 4.80.